The number of allylic oxidation sites excluding steroid dienone is 4. The maximum absolute atomic E-state index is 2.57. The van der Waals surface area contributed by atoms with Crippen molar-refractivity contribution in [3.8, 4) is 0 Å². The first-order valence-corrected chi connectivity index (χ1v) is 9.23. The Morgan fingerprint density at radius 2 is 1.59 bits per heavy atom. The number of hydrogen-bond donors (Lipinski definition) is 0. The second-order valence-corrected chi connectivity index (χ2v) is 7.78. The van der Waals surface area contributed by atoms with E-state index in [1.807, 2.05) is 0 Å². The van der Waals surface area contributed by atoms with Crippen LogP contribution in [0.1, 0.15) is 81.4 Å². The minimum absolute atomic E-state index is 0.346. The third-order valence-electron chi connectivity index (χ3n) is 6.22. The molecular formula is C22H28. The van der Waals surface area contributed by atoms with E-state index in [1.165, 1.54) is 63.4 Å². The van der Waals surface area contributed by atoms with Crippen LogP contribution >= 0.6 is 0 Å². The molecule has 0 nitrogen and oxygen atoms in total. The Labute approximate surface area is 135 Å². The Balaban J connectivity index is 1.91. The van der Waals surface area contributed by atoms with E-state index in [-0.39, 0.29) is 0 Å². The van der Waals surface area contributed by atoms with Crippen LogP contribution in [-0.2, 0) is 5.41 Å². The van der Waals surface area contributed by atoms with E-state index in [0.29, 0.717) is 5.41 Å². The van der Waals surface area contributed by atoms with Crippen molar-refractivity contribution in [1.29, 1.82) is 0 Å². The van der Waals surface area contributed by atoms with Crippen LogP contribution < -0.4 is 0 Å². The molecule has 0 aromatic heterocycles. The van der Waals surface area contributed by atoms with Crippen molar-refractivity contribution in [1.82, 2.24) is 0 Å². The lowest BCUT2D eigenvalue weighted by Crippen LogP contribution is -2.27. The quantitative estimate of drug-likeness (QED) is 0.513. The highest BCUT2D eigenvalue weighted by molar-refractivity contribution is 5.84. The monoisotopic (exact) mass is 292 g/mol. The molecule has 1 saturated carbocycles. The average Bonchev–Trinajstić information content (AvgIpc) is 2.73. The van der Waals surface area contributed by atoms with Gasteiger partial charge in [0.05, 0.1) is 0 Å². The van der Waals surface area contributed by atoms with Gasteiger partial charge in [-0.15, -0.1) is 0 Å². The van der Waals surface area contributed by atoms with Crippen LogP contribution in [0.15, 0.2) is 35.4 Å². The third kappa shape index (κ3) is 2.11. The van der Waals surface area contributed by atoms with Crippen LogP contribution in [0.25, 0.3) is 5.57 Å². The highest BCUT2D eigenvalue weighted by Gasteiger charge is 2.44. The van der Waals surface area contributed by atoms with Gasteiger partial charge in [0, 0.05) is 5.41 Å². The van der Waals surface area contributed by atoms with E-state index >= 15 is 0 Å². The summed E-state index contributed by atoms with van der Waals surface area (Å²) in [5, 5.41) is 0. The summed E-state index contributed by atoms with van der Waals surface area (Å²) >= 11 is 0. The van der Waals surface area contributed by atoms with Gasteiger partial charge in [-0.25, -0.2) is 0 Å². The van der Waals surface area contributed by atoms with Gasteiger partial charge in [0.25, 0.3) is 0 Å². The Kier molecular flexibility index (Phi) is 3.51. The van der Waals surface area contributed by atoms with Crippen molar-refractivity contribution >= 4 is 5.57 Å². The van der Waals surface area contributed by atoms with Crippen molar-refractivity contribution < 1.29 is 0 Å². The molecule has 3 aliphatic carbocycles. The largest absolute Gasteiger partial charge is 0.0727 e. The SMILES string of the molecule is CC1=CC2=C(CC1)c1ccc(C)cc1C21CCCCCCC1. The zero-order valence-corrected chi connectivity index (χ0v) is 14.2. The normalized spacial score (nSPS) is 23.6. The second-order valence-electron chi connectivity index (χ2n) is 7.78. The summed E-state index contributed by atoms with van der Waals surface area (Å²) in [7, 11) is 0. The second kappa shape index (κ2) is 5.41. The number of fused-ring (bicyclic) bond motifs is 4. The number of rotatable bonds is 0. The molecule has 1 aromatic rings. The van der Waals surface area contributed by atoms with Crippen LogP contribution in [0.2, 0.25) is 0 Å². The molecule has 116 valence electrons. The molecule has 0 atom stereocenters. The van der Waals surface area contributed by atoms with E-state index in [2.05, 4.69) is 38.1 Å². The molecule has 3 aliphatic rings. The van der Waals surface area contributed by atoms with Gasteiger partial charge in [0.1, 0.15) is 0 Å². The molecule has 0 heterocycles. The van der Waals surface area contributed by atoms with Gasteiger partial charge in [-0.3, -0.25) is 0 Å². The molecule has 0 bridgehead atoms. The van der Waals surface area contributed by atoms with Crippen LogP contribution in [-0.4, -0.2) is 0 Å². The van der Waals surface area contributed by atoms with Crippen molar-refractivity contribution in [2.75, 3.05) is 0 Å². The minimum atomic E-state index is 0.346. The maximum Gasteiger partial charge on any atom is 0.0212 e. The molecule has 0 saturated heterocycles. The molecule has 1 fully saturated rings. The highest BCUT2D eigenvalue weighted by atomic mass is 14.5. The first kappa shape index (κ1) is 14.3. The molecule has 0 amide bonds. The summed E-state index contributed by atoms with van der Waals surface area (Å²) in [6.45, 7) is 4.59. The molecule has 0 unspecified atom stereocenters. The molecule has 22 heavy (non-hydrogen) atoms. The van der Waals surface area contributed by atoms with Crippen molar-refractivity contribution in [2.45, 2.75) is 77.0 Å². The Bertz CT molecular complexity index is 649. The Morgan fingerprint density at radius 3 is 2.36 bits per heavy atom. The van der Waals surface area contributed by atoms with Gasteiger partial charge in [0.15, 0.2) is 0 Å². The lowest BCUT2D eigenvalue weighted by Gasteiger charge is -2.36. The molecule has 0 heteroatoms. The number of aryl methyl sites for hydroxylation is 1. The lowest BCUT2D eigenvalue weighted by molar-refractivity contribution is 0.370. The smallest absolute Gasteiger partial charge is 0.0212 e. The highest BCUT2D eigenvalue weighted by Crippen LogP contribution is 2.56. The summed E-state index contributed by atoms with van der Waals surface area (Å²) in [6.07, 6.45) is 14.9. The standard InChI is InChI=1S/C22H28/c1-16-8-10-18-19-11-9-17(2)15-21(19)22(20(18)14-16)12-6-4-3-5-7-13-22/h8,10,14-15H,3-7,9,11-13H2,1-2H3. The number of benzene rings is 1. The number of hydrogen-bond acceptors (Lipinski definition) is 0. The third-order valence-corrected chi connectivity index (χ3v) is 6.22. The van der Waals surface area contributed by atoms with Gasteiger partial charge < -0.3 is 0 Å². The fraction of sp³-hybridized carbons (Fsp3) is 0.545. The van der Waals surface area contributed by atoms with Gasteiger partial charge in [-0.05, 0) is 61.8 Å². The lowest BCUT2D eigenvalue weighted by atomic mass is 9.67. The van der Waals surface area contributed by atoms with Crippen LogP contribution in [0.3, 0.4) is 0 Å². The van der Waals surface area contributed by atoms with Crippen LogP contribution in [0.4, 0.5) is 0 Å². The van der Waals surface area contributed by atoms with Gasteiger partial charge in [-0.1, -0.05) is 67.5 Å². The van der Waals surface area contributed by atoms with Gasteiger partial charge >= 0.3 is 0 Å². The summed E-state index contributed by atoms with van der Waals surface area (Å²) in [5.74, 6) is 0. The molecule has 0 radical (unpaired) electrons. The fourth-order valence-corrected chi connectivity index (χ4v) is 5.08. The summed E-state index contributed by atoms with van der Waals surface area (Å²) in [4.78, 5) is 0. The zero-order valence-electron chi connectivity index (χ0n) is 14.2. The fourth-order valence-electron chi connectivity index (χ4n) is 5.08. The van der Waals surface area contributed by atoms with Crippen LogP contribution in [0, 0.1) is 6.92 Å². The molecular weight excluding hydrogens is 264 g/mol. The van der Waals surface area contributed by atoms with Gasteiger partial charge in [0.2, 0.25) is 0 Å². The first-order chi connectivity index (χ1) is 10.7. The Morgan fingerprint density at radius 1 is 0.864 bits per heavy atom. The summed E-state index contributed by atoms with van der Waals surface area (Å²) in [6, 6.07) is 7.25. The zero-order chi connectivity index (χ0) is 15.2. The summed E-state index contributed by atoms with van der Waals surface area (Å²) < 4.78 is 0. The van der Waals surface area contributed by atoms with E-state index in [9.17, 15) is 0 Å². The first-order valence-electron chi connectivity index (χ1n) is 9.23. The molecule has 4 rings (SSSR count). The average molecular weight is 292 g/mol. The van der Waals surface area contributed by atoms with E-state index in [0.717, 1.165) is 0 Å². The molecule has 0 N–H and O–H groups in total. The maximum atomic E-state index is 2.57. The minimum Gasteiger partial charge on any atom is -0.0727 e. The van der Waals surface area contributed by atoms with E-state index in [4.69, 9.17) is 0 Å². The topological polar surface area (TPSA) is 0 Å². The molecule has 1 aromatic carbocycles. The predicted molar refractivity (Wildman–Crippen MR) is 95.1 cm³/mol. The van der Waals surface area contributed by atoms with Crippen molar-refractivity contribution in [3.63, 3.8) is 0 Å². The summed E-state index contributed by atoms with van der Waals surface area (Å²) in [5.41, 5.74) is 10.0. The van der Waals surface area contributed by atoms with Crippen molar-refractivity contribution in [2.24, 2.45) is 0 Å². The molecule has 0 aliphatic heterocycles. The molecule has 1 spiro atoms. The van der Waals surface area contributed by atoms with Gasteiger partial charge in [-0.2, -0.15) is 0 Å². The van der Waals surface area contributed by atoms with Crippen LogP contribution in [0.5, 0.6) is 0 Å². The van der Waals surface area contributed by atoms with E-state index < -0.39 is 0 Å². The van der Waals surface area contributed by atoms with Crippen molar-refractivity contribution in [3.05, 3.63) is 52.1 Å². The Hall–Kier alpha value is -1.30. The predicted octanol–water partition coefficient (Wildman–Crippen LogP) is 6.48. The van der Waals surface area contributed by atoms with E-state index in [1.54, 1.807) is 27.8 Å².